The van der Waals surface area contributed by atoms with E-state index < -0.39 is 0 Å². The van der Waals surface area contributed by atoms with Gasteiger partial charge in [-0.3, -0.25) is 4.79 Å². The lowest BCUT2D eigenvalue weighted by Crippen LogP contribution is -2.46. The Morgan fingerprint density at radius 2 is 2.22 bits per heavy atom. The van der Waals surface area contributed by atoms with Crippen LogP contribution in [0.4, 0.5) is 5.82 Å². The molecule has 1 amide bonds. The lowest BCUT2D eigenvalue weighted by Gasteiger charge is -2.26. The number of anilines is 1. The van der Waals surface area contributed by atoms with Crippen molar-refractivity contribution in [1.29, 1.82) is 0 Å². The highest BCUT2D eigenvalue weighted by molar-refractivity contribution is 8.00. The van der Waals surface area contributed by atoms with E-state index in [4.69, 9.17) is 5.73 Å². The molecular weight excluding hydrogens is 246 g/mol. The van der Waals surface area contributed by atoms with Crippen LogP contribution < -0.4 is 11.1 Å². The number of carbonyl (C=O) groups excluding carboxylic acids is 1. The van der Waals surface area contributed by atoms with Crippen LogP contribution in [0.25, 0.3) is 0 Å². The molecule has 0 aliphatic rings. The van der Waals surface area contributed by atoms with Crippen LogP contribution >= 0.6 is 11.8 Å². The molecular formula is C13H21N3OS. The number of hydrogen-bond donors (Lipinski definition) is 2. The number of hydrogen-bond acceptors (Lipinski definition) is 4. The first-order valence-electron chi connectivity index (χ1n) is 6.04. The normalized spacial score (nSPS) is 13.1. The third-order valence-corrected chi connectivity index (χ3v) is 3.87. The SMILES string of the molecule is CCC(C)(C)NC(=O)C(C)Sc1ccc(N)nc1. The molecule has 18 heavy (non-hydrogen) atoms. The molecule has 0 fully saturated rings. The summed E-state index contributed by atoms with van der Waals surface area (Å²) in [6, 6.07) is 3.62. The van der Waals surface area contributed by atoms with E-state index in [9.17, 15) is 4.79 Å². The molecule has 1 aromatic rings. The maximum atomic E-state index is 12.0. The number of aromatic nitrogens is 1. The number of thioether (sulfide) groups is 1. The molecule has 0 radical (unpaired) electrons. The van der Waals surface area contributed by atoms with E-state index in [-0.39, 0.29) is 16.7 Å². The van der Waals surface area contributed by atoms with Gasteiger partial charge in [0.15, 0.2) is 0 Å². The van der Waals surface area contributed by atoms with Gasteiger partial charge in [0, 0.05) is 16.6 Å². The third kappa shape index (κ3) is 4.56. The summed E-state index contributed by atoms with van der Waals surface area (Å²) >= 11 is 1.48. The molecule has 1 unspecified atom stereocenters. The first-order chi connectivity index (χ1) is 8.34. The van der Waals surface area contributed by atoms with E-state index in [1.807, 2.05) is 26.8 Å². The predicted octanol–water partition coefficient (Wildman–Crippen LogP) is 2.45. The molecule has 0 aliphatic carbocycles. The number of nitrogens with two attached hydrogens (primary N) is 1. The van der Waals surface area contributed by atoms with E-state index in [0.29, 0.717) is 5.82 Å². The fourth-order valence-corrected chi connectivity index (χ4v) is 2.08. The molecule has 0 saturated heterocycles. The smallest absolute Gasteiger partial charge is 0.233 e. The highest BCUT2D eigenvalue weighted by atomic mass is 32.2. The summed E-state index contributed by atoms with van der Waals surface area (Å²) in [4.78, 5) is 17.0. The van der Waals surface area contributed by atoms with Crippen LogP contribution in [0.2, 0.25) is 0 Å². The first-order valence-corrected chi connectivity index (χ1v) is 6.92. The van der Waals surface area contributed by atoms with E-state index in [0.717, 1.165) is 11.3 Å². The standard InChI is InChI=1S/C13H21N3OS/c1-5-13(3,4)16-12(17)9(2)18-10-6-7-11(14)15-8-10/h6-9H,5H2,1-4H3,(H2,14,15)(H,16,17). The molecule has 0 spiro atoms. The van der Waals surface area contributed by atoms with Crippen LogP contribution in [0.3, 0.4) is 0 Å². The Balaban J connectivity index is 2.57. The molecule has 0 saturated carbocycles. The largest absolute Gasteiger partial charge is 0.384 e. The lowest BCUT2D eigenvalue weighted by atomic mass is 10.0. The van der Waals surface area contributed by atoms with Gasteiger partial charge in [-0.2, -0.15) is 0 Å². The van der Waals surface area contributed by atoms with Crippen LogP contribution in [-0.2, 0) is 4.79 Å². The Labute approximate surface area is 113 Å². The fraction of sp³-hybridized carbons (Fsp3) is 0.538. The molecule has 0 bridgehead atoms. The Bertz CT molecular complexity index is 403. The summed E-state index contributed by atoms with van der Waals surface area (Å²) in [6.45, 7) is 7.99. The molecule has 4 nitrogen and oxygen atoms in total. The van der Waals surface area contributed by atoms with Crippen LogP contribution in [-0.4, -0.2) is 21.7 Å². The third-order valence-electron chi connectivity index (χ3n) is 2.79. The number of pyridine rings is 1. The van der Waals surface area contributed by atoms with Gasteiger partial charge < -0.3 is 11.1 Å². The summed E-state index contributed by atoms with van der Waals surface area (Å²) in [7, 11) is 0. The van der Waals surface area contributed by atoms with Gasteiger partial charge in [-0.05, 0) is 39.3 Å². The van der Waals surface area contributed by atoms with Gasteiger partial charge in [0.2, 0.25) is 5.91 Å². The van der Waals surface area contributed by atoms with Crippen LogP contribution in [0, 0.1) is 0 Å². The minimum absolute atomic E-state index is 0.0451. The van der Waals surface area contributed by atoms with E-state index >= 15 is 0 Å². The maximum absolute atomic E-state index is 12.0. The molecule has 0 aromatic carbocycles. The van der Waals surface area contributed by atoms with Crippen molar-refractivity contribution in [3.8, 4) is 0 Å². The van der Waals surface area contributed by atoms with Gasteiger partial charge >= 0.3 is 0 Å². The van der Waals surface area contributed by atoms with Crippen LogP contribution in [0.1, 0.15) is 34.1 Å². The van der Waals surface area contributed by atoms with Crippen LogP contribution in [0.5, 0.6) is 0 Å². The average molecular weight is 267 g/mol. The molecule has 3 N–H and O–H groups in total. The number of nitrogens with one attached hydrogen (secondary N) is 1. The van der Waals surface area contributed by atoms with Gasteiger partial charge in [-0.15, -0.1) is 11.8 Å². The Morgan fingerprint density at radius 3 is 2.72 bits per heavy atom. The number of rotatable bonds is 5. The molecule has 1 rings (SSSR count). The Hall–Kier alpha value is -1.23. The number of nitrogens with zero attached hydrogens (tertiary/aromatic N) is 1. The van der Waals surface area contributed by atoms with Gasteiger partial charge in [0.25, 0.3) is 0 Å². The second kappa shape index (κ2) is 6.09. The minimum atomic E-state index is -0.161. The van der Waals surface area contributed by atoms with Gasteiger partial charge in [-0.25, -0.2) is 4.98 Å². The summed E-state index contributed by atoms with van der Waals surface area (Å²) < 4.78 is 0. The van der Waals surface area contributed by atoms with Crippen molar-refractivity contribution in [3.05, 3.63) is 18.3 Å². The van der Waals surface area contributed by atoms with Crippen molar-refractivity contribution in [2.45, 2.75) is 49.8 Å². The van der Waals surface area contributed by atoms with Crippen molar-refractivity contribution in [1.82, 2.24) is 10.3 Å². The minimum Gasteiger partial charge on any atom is -0.384 e. The van der Waals surface area contributed by atoms with E-state index in [1.54, 1.807) is 12.3 Å². The summed E-state index contributed by atoms with van der Waals surface area (Å²) in [5.41, 5.74) is 5.36. The van der Waals surface area contributed by atoms with E-state index in [2.05, 4.69) is 17.2 Å². The van der Waals surface area contributed by atoms with Gasteiger partial charge in [0.05, 0.1) is 5.25 Å². The molecule has 1 heterocycles. The fourth-order valence-electron chi connectivity index (χ4n) is 1.24. The van der Waals surface area contributed by atoms with Crippen LogP contribution in [0.15, 0.2) is 23.2 Å². The van der Waals surface area contributed by atoms with Gasteiger partial charge in [0.1, 0.15) is 5.82 Å². The second-order valence-electron chi connectivity index (χ2n) is 4.91. The zero-order chi connectivity index (χ0) is 13.8. The topological polar surface area (TPSA) is 68.0 Å². The number of amides is 1. The zero-order valence-corrected chi connectivity index (χ0v) is 12.2. The van der Waals surface area contributed by atoms with Crippen molar-refractivity contribution >= 4 is 23.5 Å². The predicted molar refractivity (Wildman–Crippen MR) is 76.5 cm³/mol. The summed E-state index contributed by atoms with van der Waals surface area (Å²) in [6.07, 6.45) is 2.59. The quantitative estimate of drug-likeness (QED) is 0.804. The summed E-state index contributed by atoms with van der Waals surface area (Å²) in [5.74, 6) is 0.534. The molecule has 100 valence electrons. The van der Waals surface area contributed by atoms with Crippen molar-refractivity contribution in [2.24, 2.45) is 0 Å². The summed E-state index contributed by atoms with van der Waals surface area (Å²) in [5, 5.41) is 2.88. The monoisotopic (exact) mass is 267 g/mol. The molecule has 5 heteroatoms. The first kappa shape index (κ1) is 14.8. The maximum Gasteiger partial charge on any atom is 0.233 e. The lowest BCUT2D eigenvalue weighted by molar-refractivity contribution is -0.121. The van der Waals surface area contributed by atoms with E-state index in [1.165, 1.54) is 11.8 Å². The Morgan fingerprint density at radius 1 is 1.56 bits per heavy atom. The van der Waals surface area contributed by atoms with Crippen molar-refractivity contribution < 1.29 is 4.79 Å². The second-order valence-corrected chi connectivity index (χ2v) is 6.32. The average Bonchev–Trinajstić information content (AvgIpc) is 2.31. The number of nitrogen functional groups attached to an aromatic ring is 1. The highest BCUT2D eigenvalue weighted by Crippen LogP contribution is 2.23. The molecule has 1 atom stereocenters. The number of carbonyl (C=O) groups is 1. The Kier molecular flexibility index (Phi) is 5.02. The molecule has 0 aliphatic heterocycles. The molecule has 1 aromatic heterocycles. The van der Waals surface area contributed by atoms with Gasteiger partial charge in [-0.1, -0.05) is 6.92 Å². The van der Waals surface area contributed by atoms with Crippen molar-refractivity contribution in [3.63, 3.8) is 0 Å². The highest BCUT2D eigenvalue weighted by Gasteiger charge is 2.22. The zero-order valence-electron chi connectivity index (χ0n) is 11.4. The van der Waals surface area contributed by atoms with Crippen molar-refractivity contribution in [2.75, 3.05) is 5.73 Å².